The Morgan fingerprint density at radius 1 is 1.11 bits per heavy atom. The van der Waals surface area contributed by atoms with E-state index in [1.165, 1.54) is 4.90 Å². The number of fused-ring (bicyclic) bond motifs is 1. The highest BCUT2D eigenvalue weighted by Gasteiger charge is 2.36. The van der Waals surface area contributed by atoms with Gasteiger partial charge in [-0.3, -0.25) is 9.69 Å². The quantitative estimate of drug-likeness (QED) is 0.801. The van der Waals surface area contributed by atoms with Crippen molar-refractivity contribution < 1.29 is 14.7 Å². The maximum Gasteiger partial charge on any atom is 0.412 e. The molecule has 0 aromatic heterocycles. The average molecular weight is 364 g/mol. The standard InChI is InChI=1S/C22H24N2O3/c1-22(2,3)24(21(26)27)18-13-12-16(11-10-15-8-6-5-7-9-15)17-14-23(4)20(25)19(17)18/h5-13H,14H2,1-4H3,(H,26,27). The first-order chi connectivity index (χ1) is 12.7. The van der Waals surface area contributed by atoms with Crippen LogP contribution in [0.2, 0.25) is 0 Å². The van der Waals surface area contributed by atoms with Gasteiger partial charge in [-0.2, -0.15) is 0 Å². The van der Waals surface area contributed by atoms with Crippen LogP contribution in [-0.2, 0) is 6.54 Å². The van der Waals surface area contributed by atoms with E-state index in [9.17, 15) is 14.7 Å². The Morgan fingerprint density at radius 3 is 2.37 bits per heavy atom. The fourth-order valence-corrected chi connectivity index (χ4v) is 3.40. The van der Waals surface area contributed by atoms with E-state index in [-0.39, 0.29) is 5.91 Å². The van der Waals surface area contributed by atoms with Gasteiger partial charge in [0.1, 0.15) is 0 Å². The Kier molecular flexibility index (Phi) is 4.79. The van der Waals surface area contributed by atoms with Crippen molar-refractivity contribution in [2.75, 3.05) is 11.9 Å². The number of carbonyl (C=O) groups excluding carboxylic acids is 1. The van der Waals surface area contributed by atoms with Gasteiger partial charge in [0.05, 0.1) is 11.3 Å². The molecule has 27 heavy (non-hydrogen) atoms. The molecule has 1 heterocycles. The van der Waals surface area contributed by atoms with Gasteiger partial charge in [-0.15, -0.1) is 0 Å². The molecule has 140 valence electrons. The fourth-order valence-electron chi connectivity index (χ4n) is 3.40. The van der Waals surface area contributed by atoms with Gasteiger partial charge in [0.2, 0.25) is 0 Å². The number of hydrogen-bond acceptors (Lipinski definition) is 2. The van der Waals surface area contributed by atoms with Crippen molar-refractivity contribution in [1.82, 2.24) is 4.90 Å². The summed E-state index contributed by atoms with van der Waals surface area (Å²) >= 11 is 0. The third kappa shape index (κ3) is 3.58. The highest BCUT2D eigenvalue weighted by Crippen LogP contribution is 2.37. The van der Waals surface area contributed by atoms with Crippen LogP contribution in [0.1, 0.15) is 47.8 Å². The molecule has 0 saturated carbocycles. The summed E-state index contributed by atoms with van der Waals surface area (Å²) in [6.45, 7) is 5.92. The summed E-state index contributed by atoms with van der Waals surface area (Å²) < 4.78 is 0. The predicted octanol–water partition coefficient (Wildman–Crippen LogP) is 4.73. The van der Waals surface area contributed by atoms with Crippen molar-refractivity contribution in [1.29, 1.82) is 0 Å². The van der Waals surface area contributed by atoms with Crippen LogP contribution < -0.4 is 4.90 Å². The molecule has 5 heteroatoms. The van der Waals surface area contributed by atoms with Gasteiger partial charge in [-0.25, -0.2) is 4.79 Å². The summed E-state index contributed by atoms with van der Waals surface area (Å²) in [5, 5.41) is 9.75. The predicted molar refractivity (Wildman–Crippen MR) is 108 cm³/mol. The molecule has 3 rings (SSSR count). The second-order valence-electron chi connectivity index (χ2n) is 7.72. The first kappa shape index (κ1) is 18.7. The van der Waals surface area contributed by atoms with Crippen LogP contribution in [0.25, 0.3) is 12.2 Å². The molecular weight excluding hydrogens is 340 g/mol. The molecule has 0 saturated heterocycles. The van der Waals surface area contributed by atoms with Crippen LogP contribution >= 0.6 is 0 Å². The number of amides is 2. The molecule has 0 aliphatic carbocycles. The number of anilines is 1. The normalized spacial score (nSPS) is 13.9. The summed E-state index contributed by atoms with van der Waals surface area (Å²) in [6, 6.07) is 13.5. The number of nitrogens with zero attached hydrogens (tertiary/aromatic N) is 2. The highest BCUT2D eigenvalue weighted by molar-refractivity contribution is 6.07. The van der Waals surface area contributed by atoms with Gasteiger partial charge in [0, 0.05) is 19.1 Å². The van der Waals surface area contributed by atoms with Crippen LogP contribution in [0, 0.1) is 0 Å². The zero-order valence-corrected chi connectivity index (χ0v) is 16.1. The summed E-state index contributed by atoms with van der Waals surface area (Å²) in [5.74, 6) is -0.148. The molecule has 5 nitrogen and oxygen atoms in total. The minimum Gasteiger partial charge on any atom is -0.465 e. The zero-order chi connectivity index (χ0) is 19.8. The number of carboxylic acid groups (broad SMARTS) is 1. The Labute approximate surface area is 159 Å². The molecule has 0 bridgehead atoms. The Morgan fingerprint density at radius 2 is 1.78 bits per heavy atom. The lowest BCUT2D eigenvalue weighted by Gasteiger charge is -2.34. The van der Waals surface area contributed by atoms with Gasteiger partial charge < -0.3 is 10.0 Å². The molecule has 0 fully saturated rings. The third-order valence-corrected chi connectivity index (χ3v) is 4.64. The van der Waals surface area contributed by atoms with E-state index in [2.05, 4.69) is 0 Å². The smallest absolute Gasteiger partial charge is 0.412 e. The van der Waals surface area contributed by atoms with Crippen molar-refractivity contribution in [2.24, 2.45) is 0 Å². The second-order valence-corrected chi connectivity index (χ2v) is 7.72. The Bertz CT molecular complexity index is 911. The lowest BCUT2D eigenvalue weighted by atomic mass is 9.97. The first-order valence-corrected chi connectivity index (χ1v) is 8.88. The Balaban J connectivity index is 2.12. The number of carbonyl (C=O) groups is 2. The first-order valence-electron chi connectivity index (χ1n) is 8.88. The second kappa shape index (κ2) is 6.91. The zero-order valence-electron chi connectivity index (χ0n) is 16.1. The van der Waals surface area contributed by atoms with Crippen molar-refractivity contribution in [2.45, 2.75) is 32.9 Å². The highest BCUT2D eigenvalue weighted by atomic mass is 16.4. The molecule has 2 aromatic carbocycles. The van der Waals surface area contributed by atoms with E-state index in [4.69, 9.17) is 0 Å². The molecule has 0 unspecified atom stereocenters. The van der Waals surface area contributed by atoms with Crippen LogP contribution in [0.4, 0.5) is 10.5 Å². The molecule has 2 amide bonds. The van der Waals surface area contributed by atoms with Crippen molar-refractivity contribution in [3.63, 3.8) is 0 Å². The largest absolute Gasteiger partial charge is 0.465 e. The van der Waals surface area contributed by atoms with E-state index in [0.717, 1.165) is 16.7 Å². The maximum absolute atomic E-state index is 12.8. The fraction of sp³-hybridized carbons (Fsp3) is 0.273. The molecular formula is C22H24N2O3. The SMILES string of the molecule is CN1Cc2c(C=Cc3ccccc3)ccc(N(C(=O)O)C(C)(C)C)c2C1=O. The van der Waals surface area contributed by atoms with Crippen molar-refractivity contribution in [3.05, 3.63) is 64.7 Å². The van der Waals surface area contributed by atoms with Crippen LogP contribution in [0.5, 0.6) is 0 Å². The van der Waals surface area contributed by atoms with E-state index in [0.29, 0.717) is 17.8 Å². The summed E-state index contributed by atoms with van der Waals surface area (Å²) in [6.07, 6.45) is 2.91. The van der Waals surface area contributed by atoms with E-state index in [1.54, 1.807) is 18.0 Å². The molecule has 0 radical (unpaired) electrons. The van der Waals surface area contributed by atoms with Gasteiger partial charge in [0.25, 0.3) is 5.91 Å². The monoisotopic (exact) mass is 364 g/mol. The molecule has 2 aromatic rings. The summed E-state index contributed by atoms with van der Waals surface area (Å²) in [7, 11) is 1.74. The molecule has 0 spiro atoms. The summed E-state index contributed by atoms with van der Waals surface area (Å²) in [4.78, 5) is 27.6. The van der Waals surface area contributed by atoms with E-state index >= 15 is 0 Å². The van der Waals surface area contributed by atoms with Gasteiger partial charge in [-0.05, 0) is 43.5 Å². The number of hydrogen-bond donors (Lipinski definition) is 1. The lowest BCUT2D eigenvalue weighted by molar-refractivity contribution is 0.0817. The molecule has 1 aliphatic rings. The minimum atomic E-state index is -1.07. The number of rotatable bonds is 3. The Hall–Kier alpha value is -3.08. The molecule has 1 N–H and O–H groups in total. The number of benzene rings is 2. The maximum atomic E-state index is 12.8. The average Bonchev–Trinajstić information content (AvgIpc) is 2.89. The summed E-state index contributed by atoms with van der Waals surface area (Å²) in [5.41, 5.74) is 3.11. The minimum absolute atomic E-state index is 0.148. The van der Waals surface area contributed by atoms with Crippen LogP contribution in [0.3, 0.4) is 0 Å². The molecule has 1 aliphatic heterocycles. The third-order valence-electron chi connectivity index (χ3n) is 4.64. The van der Waals surface area contributed by atoms with Gasteiger partial charge >= 0.3 is 6.09 Å². The van der Waals surface area contributed by atoms with E-state index < -0.39 is 11.6 Å². The van der Waals surface area contributed by atoms with Crippen molar-refractivity contribution in [3.8, 4) is 0 Å². The van der Waals surface area contributed by atoms with Gasteiger partial charge in [-0.1, -0.05) is 48.6 Å². The molecule has 0 atom stereocenters. The topological polar surface area (TPSA) is 60.9 Å². The van der Waals surface area contributed by atoms with Crippen molar-refractivity contribution >= 4 is 29.8 Å². The lowest BCUT2D eigenvalue weighted by Crippen LogP contribution is -2.46. The van der Waals surface area contributed by atoms with Crippen LogP contribution in [0.15, 0.2) is 42.5 Å². The van der Waals surface area contributed by atoms with E-state index in [1.807, 2.05) is 69.3 Å². The van der Waals surface area contributed by atoms with Gasteiger partial charge in [0.15, 0.2) is 0 Å². The van der Waals surface area contributed by atoms with Crippen LogP contribution in [-0.4, -0.2) is 34.6 Å².